The minimum atomic E-state index is -0.484. The summed E-state index contributed by atoms with van der Waals surface area (Å²) in [6.07, 6.45) is 8.24. The smallest absolute Gasteiger partial charge is 0.324 e. The molecule has 9 heteroatoms. The lowest BCUT2D eigenvalue weighted by molar-refractivity contribution is -0.380. The minimum Gasteiger partial charge on any atom is -0.495 e. The van der Waals surface area contributed by atoms with Gasteiger partial charge in [-0.25, -0.2) is 0 Å². The molecule has 27 heavy (non-hydrogen) atoms. The lowest BCUT2D eigenvalue weighted by Gasteiger charge is -2.05. The van der Waals surface area contributed by atoms with Gasteiger partial charge < -0.3 is 9.30 Å². The molecule has 0 aliphatic carbocycles. The fourth-order valence-corrected chi connectivity index (χ4v) is 4.18. The maximum atomic E-state index is 12.2. The molecular formula is C18H13N3O4S2. The maximum absolute atomic E-state index is 12.2. The van der Waals surface area contributed by atoms with Crippen LogP contribution in [-0.2, 0) is 11.3 Å². The molecule has 0 radical (unpaired) electrons. The van der Waals surface area contributed by atoms with Crippen LogP contribution in [0.5, 0.6) is 5.75 Å². The lowest BCUT2D eigenvalue weighted by Crippen LogP contribution is -2.16. The van der Waals surface area contributed by atoms with Gasteiger partial charge in [-0.1, -0.05) is 34.7 Å². The Morgan fingerprint density at radius 1 is 1.41 bits per heavy atom. The van der Waals surface area contributed by atoms with Crippen molar-refractivity contribution < 1.29 is 14.5 Å². The molecule has 0 fully saturated rings. The van der Waals surface area contributed by atoms with Crippen molar-refractivity contribution in [1.82, 2.24) is 4.57 Å². The van der Waals surface area contributed by atoms with Gasteiger partial charge in [-0.05, 0) is 24.3 Å². The Kier molecular flexibility index (Phi) is 5.49. The number of hydrogen-bond donors (Lipinski definition) is 0. The highest BCUT2D eigenvalue weighted by atomic mass is 32.1. The largest absolute Gasteiger partial charge is 0.495 e. The fraction of sp³-hybridized carbons (Fsp3) is 0.111. The first-order chi connectivity index (χ1) is 13.0. The number of para-hydroxylation sites is 1. The second kappa shape index (κ2) is 7.99. The third-order valence-electron chi connectivity index (χ3n) is 3.52. The second-order valence-electron chi connectivity index (χ2n) is 5.20. The van der Waals surface area contributed by atoms with E-state index in [0.717, 1.165) is 21.6 Å². The van der Waals surface area contributed by atoms with Crippen molar-refractivity contribution in [3.63, 3.8) is 0 Å². The number of rotatable bonds is 5. The third-order valence-corrected chi connectivity index (χ3v) is 5.57. The van der Waals surface area contributed by atoms with Gasteiger partial charge in [0.2, 0.25) is 0 Å². The van der Waals surface area contributed by atoms with E-state index in [9.17, 15) is 14.9 Å². The summed E-state index contributed by atoms with van der Waals surface area (Å²) in [5, 5.41) is 10.7. The minimum absolute atomic E-state index is 0.0162. The molecule has 0 aliphatic heterocycles. The van der Waals surface area contributed by atoms with Crippen LogP contribution in [0.3, 0.4) is 0 Å². The van der Waals surface area contributed by atoms with Gasteiger partial charge in [-0.15, -0.1) is 6.42 Å². The number of hydrogen-bond acceptors (Lipinski definition) is 6. The van der Waals surface area contributed by atoms with Gasteiger partial charge in [0.05, 0.1) is 23.3 Å². The van der Waals surface area contributed by atoms with Crippen molar-refractivity contribution in [1.29, 1.82) is 0 Å². The molecule has 0 N–H and O–H groups in total. The number of thiazole rings is 1. The van der Waals surface area contributed by atoms with Gasteiger partial charge in [0.15, 0.2) is 4.80 Å². The van der Waals surface area contributed by atoms with Crippen LogP contribution in [0.4, 0.5) is 5.00 Å². The Balaban J connectivity index is 1.98. The number of amides is 1. The van der Waals surface area contributed by atoms with E-state index in [1.165, 1.54) is 29.6 Å². The van der Waals surface area contributed by atoms with Gasteiger partial charge in [0.1, 0.15) is 11.3 Å². The van der Waals surface area contributed by atoms with Crippen molar-refractivity contribution >= 4 is 49.9 Å². The molecule has 0 saturated carbocycles. The molecule has 0 saturated heterocycles. The molecule has 3 rings (SSSR count). The van der Waals surface area contributed by atoms with E-state index in [4.69, 9.17) is 11.2 Å². The molecular weight excluding hydrogens is 386 g/mol. The zero-order chi connectivity index (χ0) is 19.4. The summed E-state index contributed by atoms with van der Waals surface area (Å²) in [6, 6.07) is 8.55. The molecule has 0 bridgehead atoms. The van der Waals surface area contributed by atoms with Gasteiger partial charge in [0, 0.05) is 17.0 Å². The molecule has 0 unspecified atom stereocenters. The highest BCUT2D eigenvalue weighted by molar-refractivity contribution is 7.16. The second-order valence-corrected chi connectivity index (χ2v) is 7.30. The van der Waals surface area contributed by atoms with E-state index in [2.05, 4.69) is 10.9 Å². The van der Waals surface area contributed by atoms with Crippen molar-refractivity contribution in [3.05, 3.63) is 56.2 Å². The number of aromatic nitrogens is 1. The summed E-state index contributed by atoms with van der Waals surface area (Å²) in [6.45, 7) is 0.243. The van der Waals surface area contributed by atoms with E-state index < -0.39 is 10.8 Å². The van der Waals surface area contributed by atoms with Gasteiger partial charge >= 0.3 is 5.00 Å². The van der Waals surface area contributed by atoms with Crippen LogP contribution in [-0.4, -0.2) is 22.5 Å². The quantitative estimate of drug-likeness (QED) is 0.285. The van der Waals surface area contributed by atoms with E-state index in [-0.39, 0.29) is 11.5 Å². The van der Waals surface area contributed by atoms with Crippen molar-refractivity contribution in [2.75, 3.05) is 7.11 Å². The van der Waals surface area contributed by atoms with E-state index in [1.807, 2.05) is 18.2 Å². The number of nitrogens with zero attached hydrogens (tertiary/aromatic N) is 3. The standard InChI is InChI=1S/C18H13N3O4S2/c1-3-11-20-17-13(25-2)5-4-6-14(17)27-18(20)19-15(22)9-7-12-8-10-16(26-12)21(23)24/h1,4-10H,11H2,2H3. The number of ether oxygens (including phenoxy) is 1. The Hall–Kier alpha value is -3.22. The Bertz CT molecular complexity index is 1160. The molecule has 3 aromatic rings. The van der Waals surface area contributed by atoms with Crippen LogP contribution in [0.1, 0.15) is 4.88 Å². The highest BCUT2D eigenvalue weighted by Gasteiger charge is 2.11. The van der Waals surface area contributed by atoms with Crippen LogP contribution in [0.25, 0.3) is 16.3 Å². The Morgan fingerprint density at radius 3 is 2.89 bits per heavy atom. The average Bonchev–Trinajstić information content (AvgIpc) is 3.25. The van der Waals surface area contributed by atoms with E-state index in [0.29, 0.717) is 15.4 Å². The van der Waals surface area contributed by atoms with Gasteiger partial charge in [0.25, 0.3) is 5.91 Å². The summed E-state index contributed by atoms with van der Waals surface area (Å²) in [5.41, 5.74) is 0.785. The first-order valence-electron chi connectivity index (χ1n) is 7.64. The zero-order valence-electron chi connectivity index (χ0n) is 14.1. The highest BCUT2D eigenvalue weighted by Crippen LogP contribution is 2.27. The summed E-state index contributed by atoms with van der Waals surface area (Å²) < 4.78 is 8.03. The zero-order valence-corrected chi connectivity index (χ0v) is 15.8. The first-order valence-corrected chi connectivity index (χ1v) is 9.27. The molecule has 0 atom stereocenters. The number of nitro groups is 1. The molecule has 1 aromatic carbocycles. The molecule has 7 nitrogen and oxygen atoms in total. The summed E-state index contributed by atoms with van der Waals surface area (Å²) in [5.74, 6) is 2.72. The Labute approximate surface area is 162 Å². The topological polar surface area (TPSA) is 86.7 Å². The molecule has 1 amide bonds. The van der Waals surface area contributed by atoms with Crippen molar-refractivity contribution in [3.8, 4) is 18.1 Å². The normalized spacial score (nSPS) is 11.8. The predicted octanol–water partition coefficient (Wildman–Crippen LogP) is 3.46. The molecule has 2 aromatic heterocycles. The van der Waals surface area contributed by atoms with E-state index >= 15 is 0 Å². The lowest BCUT2D eigenvalue weighted by atomic mass is 10.3. The van der Waals surface area contributed by atoms with Crippen molar-refractivity contribution in [2.24, 2.45) is 4.99 Å². The Morgan fingerprint density at radius 2 is 2.22 bits per heavy atom. The number of carbonyl (C=O) groups excluding carboxylic acids is 1. The summed E-state index contributed by atoms with van der Waals surface area (Å²) in [4.78, 5) is 27.7. The van der Waals surface area contributed by atoms with Crippen LogP contribution >= 0.6 is 22.7 Å². The number of fused-ring (bicyclic) bond motifs is 1. The van der Waals surface area contributed by atoms with Crippen LogP contribution in [0.2, 0.25) is 0 Å². The number of carbonyl (C=O) groups is 1. The van der Waals surface area contributed by atoms with Crippen molar-refractivity contribution in [2.45, 2.75) is 6.54 Å². The molecule has 2 heterocycles. The number of benzene rings is 1. The molecule has 0 spiro atoms. The maximum Gasteiger partial charge on any atom is 0.324 e. The average molecular weight is 399 g/mol. The summed E-state index contributed by atoms with van der Waals surface area (Å²) in [7, 11) is 1.57. The number of thiophene rings is 1. The third kappa shape index (κ3) is 3.97. The molecule has 136 valence electrons. The van der Waals surface area contributed by atoms with Gasteiger partial charge in [-0.2, -0.15) is 4.99 Å². The SMILES string of the molecule is C#CCn1c(=NC(=O)C=Cc2ccc([N+](=O)[O-])s2)sc2cccc(OC)c21. The summed E-state index contributed by atoms with van der Waals surface area (Å²) >= 11 is 2.31. The predicted molar refractivity (Wildman–Crippen MR) is 106 cm³/mol. The monoisotopic (exact) mass is 399 g/mol. The fourth-order valence-electron chi connectivity index (χ4n) is 2.40. The van der Waals surface area contributed by atoms with Gasteiger partial charge in [-0.3, -0.25) is 14.9 Å². The van der Waals surface area contributed by atoms with E-state index in [1.54, 1.807) is 17.7 Å². The van der Waals surface area contributed by atoms with Crippen LogP contribution in [0.15, 0.2) is 41.4 Å². The van der Waals surface area contributed by atoms with Crippen LogP contribution in [0, 0.1) is 22.5 Å². The number of terminal acetylenes is 1. The first kappa shape index (κ1) is 18.6. The van der Waals surface area contributed by atoms with Crippen LogP contribution < -0.4 is 9.54 Å². The number of methoxy groups -OCH3 is 1. The molecule has 0 aliphatic rings.